The van der Waals surface area contributed by atoms with Crippen molar-refractivity contribution < 1.29 is 14.6 Å². The summed E-state index contributed by atoms with van der Waals surface area (Å²) in [6.07, 6.45) is 1.21. The first-order valence-corrected chi connectivity index (χ1v) is 5.28. The molecule has 2 rings (SSSR count). The number of ether oxygens (including phenoxy) is 2. The first-order valence-electron chi connectivity index (χ1n) is 5.28. The van der Waals surface area contributed by atoms with Crippen LogP contribution in [0.4, 0.5) is 0 Å². The average molecular weight is 208 g/mol. The van der Waals surface area contributed by atoms with Crippen molar-refractivity contribution in [1.29, 1.82) is 0 Å². The van der Waals surface area contributed by atoms with Crippen LogP contribution >= 0.6 is 0 Å². The van der Waals surface area contributed by atoms with Crippen LogP contribution in [0.2, 0.25) is 0 Å². The predicted molar refractivity (Wildman–Crippen MR) is 57.1 cm³/mol. The van der Waals surface area contributed by atoms with Crippen LogP contribution in [-0.2, 0) is 11.2 Å². The fourth-order valence-electron chi connectivity index (χ4n) is 1.55. The zero-order valence-electron chi connectivity index (χ0n) is 8.85. The van der Waals surface area contributed by atoms with E-state index in [4.69, 9.17) is 14.6 Å². The molecule has 3 nitrogen and oxygen atoms in total. The quantitative estimate of drug-likeness (QED) is 0.743. The molecule has 1 N–H and O–H groups in total. The van der Waals surface area contributed by atoms with E-state index in [0.29, 0.717) is 19.1 Å². The van der Waals surface area contributed by atoms with Crippen LogP contribution in [0.25, 0.3) is 0 Å². The Morgan fingerprint density at radius 1 is 1.40 bits per heavy atom. The number of benzene rings is 1. The van der Waals surface area contributed by atoms with Gasteiger partial charge in [0, 0.05) is 6.61 Å². The highest BCUT2D eigenvalue weighted by molar-refractivity contribution is 5.33. The van der Waals surface area contributed by atoms with Crippen molar-refractivity contribution in [2.45, 2.75) is 25.6 Å². The number of hydrogen-bond acceptors (Lipinski definition) is 3. The molecule has 0 spiro atoms. The monoisotopic (exact) mass is 208 g/mol. The van der Waals surface area contributed by atoms with Crippen molar-refractivity contribution in [2.24, 2.45) is 0 Å². The maximum atomic E-state index is 8.90. The van der Waals surface area contributed by atoms with E-state index in [9.17, 15) is 0 Å². The zero-order chi connectivity index (χ0) is 10.7. The molecule has 1 fully saturated rings. The Kier molecular flexibility index (Phi) is 3.23. The molecular formula is C12H16O3. The third kappa shape index (κ3) is 2.70. The van der Waals surface area contributed by atoms with Gasteiger partial charge in [-0.15, -0.1) is 0 Å². The van der Waals surface area contributed by atoms with E-state index in [2.05, 4.69) is 0 Å². The largest absolute Gasteiger partial charge is 0.490 e. The summed E-state index contributed by atoms with van der Waals surface area (Å²) in [5, 5.41) is 8.90. The number of aliphatic hydroxyl groups is 1. The van der Waals surface area contributed by atoms with Crippen LogP contribution in [0, 0.1) is 0 Å². The van der Waals surface area contributed by atoms with Gasteiger partial charge in [0.15, 0.2) is 0 Å². The van der Waals surface area contributed by atoms with Gasteiger partial charge in [0.05, 0.1) is 6.10 Å². The Bertz CT molecular complexity index is 324. The minimum Gasteiger partial charge on any atom is -0.490 e. The summed E-state index contributed by atoms with van der Waals surface area (Å²) in [7, 11) is 0. The van der Waals surface area contributed by atoms with Crippen molar-refractivity contribution in [3.8, 4) is 5.75 Å². The van der Waals surface area contributed by atoms with Gasteiger partial charge in [-0.1, -0.05) is 18.2 Å². The van der Waals surface area contributed by atoms with Crippen LogP contribution in [0.3, 0.4) is 0 Å². The summed E-state index contributed by atoms with van der Waals surface area (Å²) in [4.78, 5) is 0. The van der Waals surface area contributed by atoms with Crippen molar-refractivity contribution in [2.75, 3.05) is 13.2 Å². The van der Waals surface area contributed by atoms with E-state index in [1.807, 2.05) is 31.2 Å². The Morgan fingerprint density at radius 2 is 2.13 bits per heavy atom. The van der Waals surface area contributed by atoms with Crippen LogP contribution in [0.5, 0.6) is 5.75 Å². The first kappa shape index (κ1) is 10.5. The molecule has 1 heterocycles. The van der Waals surface area contributed by atoms with E-state index >= 15 is 0 Å². The van der Waals surface area contributed by atoms with Crippen molar-refractivity contribution in [1.82, 2.24) is 0 Å². The number of aliphatic hydroxyl groups excluding tert-OH is 1. The second kappa shape index (κ2) is 4.64. The Balaban J connectivity index is 1.93. The molecule has 3 heteroatoms. The highest BCUT2D eigenvalue weighted by Gasteiger charge is 2.34. The molecular weight excluding hydrogens is 192 g/mol. The lowest BCUT2D eigenvalue weighted by molar-refractivity contribution is 0.255. The van der Waals surface area contributed by atoms with Gasteiger partial charge < -0.3 is 14.6 Å². The van der Waals surface area contributed by atoms with E-state index in [-0.39, 0.29) is 12.7 Å². The van der Waals surface area contributed by atoms with E-state index in [1.54, 1.807) is 0 Å². The van der Waals surface area contributed by atoms with Gasteiger partial charge in [0.1, 0.15) is 18.5 Å². The van der Waals surface area contributed by atoms with Crippen LogP contribution in [0.15, 0.2) is 24.3 Å². The number of para-hydroxylation sites is 1. The molecule has 2 atom stereocenters. The second-order valence-electron chi connectivity index (χ2n) is 3.77. The highest BCUT2D eigenvalue weighted by Crippen LogP contribution is 2.24. The van der Waals surface area contributed by atoms with Gasteiger partial charge in [-0.2, -0.15) is 0 Å². The summed E-state index contributed by atoms with van der Waals surface area (Å²) in [6, 6.07) is 7.79. The summed E-state index contributed by atoms with van der Waals surface area (Å²) >= 11 is 0. The summed E-state index contributed by atoms with van der Waals surface area (Å²) in [6.45, 7) is 2.79. The van der Waals surface area contributed by atoms with Crippen LogP contribution in [0.1, 0.15) is 12.5 Å². The highest BCUT2D eigenvalue weighted by atomic mass is 16.6. The molecule has 0 amide bonds. The Labute approximate surface area is 89.6 Å². The summed E-state index contributed by atoms with van der Waals surface area (Å²) in [5.74, 6) is 0.856. The molecule has 15 heavy (non-hydrogen) atoms. The SMILES string of the molecule is CC1OC1COc1ccccc1CCO. The molecule has 0 aromatic heterocycles. The van der Waals surface area contributed by atoms with Crippen molar-refractivity contribution >= 4 is 0 Å². The molecule has 0 radical (unpaired) electrons. The van der Waals surface area contributed by atoms with Crippen molar-refractivity contribution in [3.05, 3.63) is 29.8 Å². The van der Waals surface area contributed by atoms with E-state index in [0.717, 1.165) is 11.3 Å². The minimum atomic E-state index is 0.150. The summed E-state index contributed by atoms with van der Waals surface area (Å²) in [5.41, 5.74) is 1.05. The second-order valence-corrected chi connectivity index (χ2v) is 3.77. The van der Waals surface area contributed by atoms with E-state index in [1.165, 1.54) is 0 Å². The lowest BCUT2D eigenvalue weighted by Gasteiger charge is -2.09. The maximum absolute atomic E-state index is 8.90. The Morgan fingerprint density at radius 3 is 2.80 bits per heavy atom. The molecule has 1 aliphatic rings. The minimum absolute atomic E-state index is 0.150. The average Bonchev–Trinajstić information content (AvgIpc) is 2.94. The van der Waals surface area contributed by atoms with Crippen LogP contribution in [-0.4, -0.2) is 30.5 Å². The standard InChI is InChI=1S/C12H16O3/c1-9-12(15-9)8-14-11-5-3-2-4-10(11)6-7-13/h2-5,9,12-13H,6-8H2,1H3. The molecule has 0 aliphatic carbocycles. The third-order valence-corrected chi connectivity index (χ3v) is 2.59. The number of epoxide rings is 1. The maximum Gasteiger partial charge on any atom is 0.122 e. The molecule has 82 valence electrons. The smallest absolute Gasteiger partial charge is 0.122 e. The molecule has 1 saturated heterocycles. The Hall–Kier alpha value is -1.06. The molecule has 0 saturated carbocycles. The number of hydrogen-bond donors (Lipinski definition) is 1. The molecule has 1 aromatic rings. The van der Waals surface area contributed by atoms with Gasteiger partial charge >= 0.3 is 0 Å². The zero-order valence-corrected chi connectivity index (χ0v) is 8.85. The molecule has 2 unspecified atom stereocenters. The fourth-order valence-corrected chi connectivity index (χ4v) is 1.55. The third-order valence-electron chi connectivity index (χ3n) is 2.59. The van der Waals surface area contributed by atoms with Crippen LogP contribution < -0.4 is 4.74 Å². The first-order chi connectivity index (χ1) is 7.31. The molecule has 1 aliphatic heterocycles. The van der Waals surface area contributed by atoms with Gasteiger partial charge in [-0.25, -0.2) is 0 Å². The van der Waals surface area contributed by atoms with Gasteiger partial charge in [0.25, 0.3) is 0 Å². The van der Waals surface area contributed by atoms with Gasteiger partial charge in [-0.3, -0.25) is 0 Å². The summed E-state index contributed by atoms with van der Waals surface area (Å²) < 4.78 is 10.9. The lowest BCUT2D eigenvalue weighted by atomic mass is 10.1. The predicted octanol–water partition coefficient (Wildman–Crippen LogP) is 1.39. The topological polar surface area (TPSA) is 42.0 Å². The normalized spacial score (nSPS) is 23.9. The lowest BCUT2D eigenvalue weighted by Crippen LogP contribution is -2.08. The molecule has 0 bridgehead atoms. The van der Waals surface area contributed by atoms with Crippen molar-refractivity contribution in [3.63, 3.8) is 0 Å². The number of rotatable bonds is 5. The molecule has 1 aromatic carbocycles. The fraction of sp³-hybridized carbons (Fsp3) is 0.500. The van der Waals surface area contributed by atoms with Gasteiger partial charge in [-0.05, 0) is 25.0 Å². The van der Waals surface area contributed by atoms with Gasteiger partial charge in [0.2, 0.25) is 0 Å². The van der Waals surface area contributed by atoms with E-state index < -0.39 is 0 Å².